The summed E-state index contributed by atoms with van der Waals surface area (Å²) in [7, 11) is 0. The average molecular weight is 433 g/mol. The molecule has 0 unspecified atom stereocenters. The number of halogens is 2. The average Bonchev–Trinajstić information content (AvgIpc) is 3.32. The summed E-state index contributed by atoms with van der Waals surface area (Å²) in [5.41, 5.74) is 1.66. The molecular weight excluding hydrogens is 414 g/mol. The van der Waals surface area contributed by atoms with Crippen molar-refractivity contribution in [2.24, 2.45) is 17.8 Å². The van der Waals surface area contributed by atoms with Crippen molar-refractivity contribution in [2.75, 3.05) is 5.06 Å². The Morgan fingerprint density at radius 3 is 2.54 bits per heavy atom. The van der Waals surface area contributed by atoms with Crippen LogP contribution in [0.3, 0.4) is 0 Å². The molecule has 2 aliphatic carbocycles. The lowest BCUT2D eigenvalue weighted by atomic mass is 9.79. The number of hydrogen-bond donors (Lipinski definition) is 0. The normalized spacial score (nSPS) is 34.9. The number of hydrogen-bond acceptors (Lipinski definition) is 3. The summed E-state index contributed by atoms with van der Waals surface area (Å²) in [5.74, 6) is 1.16. The summed E-state index contributed by atoms with van der Waals surface area (Å²) in [4.78, 5) is 19.8. The highest BCUT2D eigenvalue weighted by Gasteiger charge is 2.62. The lowest BCUT2D eigenvalue weighted by Gasteiger charge is -2.28. The molecular formula is C21H19BrClNO2. The summed E-state index contributed by atoms with van der Waals surface area (Å²) in [6, 6.07) is 17.3. The minimum atomic E-state index is -0.289. The van der Waals surface area contributed by atoms with Gasteiger partial charge in [0.25, 0.3) is 0 Å². The Kier molecular flexibility index (Phi) is 4.11. The standard InChI is InChI=1S/C21H19BrClNO2/c22-14-8-6-12(7-9-14)20(25)19-18-13-10-16(17(23)11-13)21(18)26-24(19)15-4-2-1-3-5-15/h1-9,13,16-19,21H,10-11H2/t13-,16+,17-,18+,19-,21+/m1/s1. The van der Waals surface area contributed by atoms with Crippen LogP contribution in [0, 0.1) is 17.8 Å². The summed E-state index contributed by atoms with van der Waals surface area (Å²) in [5, 5.41) is 2.02. The molecule has 0 spiro atoms. The molecule has 2 saturated carbocycles. The van der Waals surface area contributed by atoms with Crippen LogP contribution in [0.2, 0.25) is 0 Å². The van der Waals surface area contributed by atoms with E-state index in [9.17, 15) is 4.79 Å². The molecule has 0 aromatic heterocycles. The van der Waals surface area contributed by atoms with Gasteiger partial charge in [0.1, 0.15) is 6.04 Å². The molecule has 134 valence electrons. The molecule has 0 amide bonds. The molecule has 1 saturated heterocycles. The minimum Gasteiger partial charge on any atom is -0.292 e. The number of hydroxylamine groups is 1. The van der Waals surface area contributed by atoms with E-state index >= 15 is 0 Å². The Morgan fingerprint density at radius 1 is 1.08 bits per heavy atom. The predicted molar refractivity (Wildman–Crippen MR) is 105 cm³/mol. The Morgan fingerprint density at radius 2 is 1.81 bits per heavy atom. The molecule has 3 nitrogen and oxygen atoms in total. The van der Waals surface area contributed by atoms with Crippen molar-refractivity contribution in [3.63, 3.8) is 0 Å². The SMILES string of the molecule is O=C(c1ccc(Br)cc1)[C@H]1[C@@H]2[C@@H]3C[C@H]([C@@H]2ON1c1ccccc1)[C@H](Cl)C3. The van der Waals surface area contributed by atoms with Crippen LogP contribution in [0.1, 0.15) is 23.2 Å². The van der Waals surface area contributed by atoms with Gasteiger partial charge >= 0.3 is 0 Å². The van der Waals surface area contributed by atoms with Crippen LogP contribution < -0.4 is 5.06 Å². The molecule has 0 N–H and O–H groups in total. The molecule has 3 fully saturated rings. The van der Waals surface area contributed by atoms with Gasteiger partial charge in [0.05, 0.1) is 11.8 Å². The zero-order valence-corrected chi connectivity index (χ0v) is 16.4. The third-order valence-corrected chi connectivity index (χ3v) is 7.20. The summed E-state index contributed by atoms with van der Waals surface area (Å²) >= 11 is 9.99. The van der Waals surface area contributed by atoms with Crippen LogP contribution in [-0.4, -0.2) is 23.3 Å². The molecule has 1 aliphatic heterocycles. The van der Waals surface area contributed by atoms with Gasteiger partial charge in [0.2, 0.25) is 0 Å². The zero-order valence-electron chi connectivity index (χ0n) is 14.1. The molecule has 1 heterocycles. The zero-order chi connectivity index (χ0) is 17.8. The van der Waals surface area contributed by atoms with Gasteiger partial charge in [-0.25, -0.2) is 5.06 Å². The van der Waals surface area contributed by atoms with Crippen molar-refractivity contribution in [1.29, 1.82) is 0 Å². The number of Topliss-reactive ketones (excluding diaryl/α,β-unsaturated/α-hetero) is 1. The first-order valence-electron chi connectivity index (χ1n) is 9.08. The van der Waals surface area contributed by atoms with Gasteiger partial charge < -0.3 is 0 Å². The first-order chi connectivity index (χ1) is 12.6. The van der Waals surface area contributed by atoms with Crippen LogP contribution in [0.5, 0.6) is 0 Å². The van der Waals surface area contributed by atoms with Gasteiger partial charge in [-0.15, -0.1) is 11.6 Å². The van der Waals surface area contributed by atoms with E-state index in [2.05, 4.69) is 15.9 Å². The molecule has 0 radical (unpaired) electrons. The lowest BCUT2D eigenvalue weighted by Crippen LogP contribution is -2.42. The molecule has 5 heteroatoms. The van der Waals surface area contributed by atoms with Crippen LogP contribution in [-0.2, 0) is 4.84 Å². The summed E-state index contributed by atoms with van der Waals surface area (Å²) in [6.07, 6.45) is 2.11. The second-order valence-electron chi connectivity index (χ2n) is 7.54. The van der Waals surface area contributed by atoms with Crippen LogP contribution in [0.15, 0.2) is 59.1 Å². The number of benzene rings is 2. The van der Waals surface area contributed by atoms with Crippen molar-refractivity contribution in [2.45, 2.75) is 30.4 Å². The molecule has 6 atom stereocenters. The smallest absolute Gasteiger partial charge is 0.188 e. The maximum Gasteiger partial charge on any atom is 0.188 e. The second kappa shape index (κ2) is 6.36. The molecule has 2 aromatic carbocycles. The fourth-order valence-corrected chi connectivity index (χ4v) is 5.81. The van der Waals surface area contributed by atoms with E-state index in [1.54, 1.807) is 0 Å². The first-order valence-corrected chi connectivity index (χ1v) is 10.3. The highest BCUT2D eigenvalue weighted by Crippen LogP contribution is 2.57. The van der Waals surface area contributed by atoms with E-state index in [0.717, 1.165) is 28.6 Å². The van der Waals surface area contributed by atoms with Gasteiger partial charge in [0, 0.05) is 27.2 Å². The van der Waals surface area contributed by atoms with Crippen molar-refractivity contribution >= 4 is 39.0 Å². The highest BCUT2D eigenvalue weighted by molar-refractivity contribution is 9.10. The summed E-state index contributed by atoms with van der Waals surface area (Å²) in [6.45, 7) is 0. The topological polar surface area (TPSA) is 29.5 Å². The summed E-state index contributed by atoms with van der Waals surface area (Å²) < 4.78 is 0.972. The Labute approximate surface area is 166 Å². The quantitative estimate of drug-likeness (QED) is 0.500. The Hall–Kier alpha value is -1.36. The van der Waals surface area contributed by atoms with Crippen molar-refractivity contribution < 1.29 is 9.63 Å². The fourth-order valence-electron chi connectivity index (χ4n) is 5.07. The predicted octanol–water partition coefficient (Wildman–Crippen LogP) is 5.08. The van der Waals surface area contributed by atoms with Gasteiger partial charge in [-0.3, -0.25) is 9.63 Å². The van der Waals surface area contributed by atoms with E-state index in [-0.39, 0.29) is 29.2 Å². The fraction of sp³-hybridized carbons (Fsp3) is 0.381. The van der Waals surface area contributed by atoms with E-state index in [1.165, 1.54) is 0 Å². The van der Waals surface area contributed by atoms with E-state index in [1.807, 2.05) is 59.7 Å². The number of para-hydroxylation sites is 1. The van der Waals surface area contributed by atoms with E-state index in [0.29, 0.717) is 11.8 Å². The molecule has 2 aromatic rings. The monoisotopic (exact) mass is 431 g/mol. The first kappa shape index (κ1) is 16.8. The van der Waals surface area contributed by atoms with Gasteiger partial charge in [-0.05, 0) is 43.0 Å². The largest absolute Gasteiger partial charge is 0.292 e. The molecule has 3 aliphatic rings. The molecule has 26 heavy (non-hydrogen) atoms. The second-order valence-corrected chi connectivity index (χ2v) is 9.01. The van der Waals surface area contributed by atoms with Gasteiger partial charge in [-0.1, -0.05) is 46.3 Å². The Balaban J connectivity index is 1.54. The third kappa shape index (κ3) is 2.54. The Bertz CT molecular complexity index is 828. The van der Waals surface area contributed by atoms with Crippen molar-refractivity contribution in [1.82, 2.24) is 0 Å². The number of ketones is 1. The number of carbonyl (C=O) groups is 1. The van der Waals surface area contributed by atoms with Crippen LogP contribution in [0.25, 0.3) is 0 Å². The number of alkyl halides is 1. The molecule has 2 bridgehead atoms. The maximum absolute atomic E-state index is 13.5. The number of anilines is 1. The number of nitrogens with zero attached hydrogens (tertiary/aromatic N) is 1. The van der Waals surface area contributed by atoms with Gasteiger partial charge in [0.15, 0.2) is 5.78 Å². The van der Waals surface area contributed by atoms with Crippen molar-refractivity contribution in [3.05, 3.63) is 64.6 Å². The van der Waals surface area contributed by atoms with Crippen molar-refractivity contribution in [3.8, 4) is 0 Å². The van der Waals surface area contributed by atoms with Crippen LogP contribution in [0.4, 0.5) is 5.69 Å². The third-order valence-electron chi connectivity index (χ3n) is 6.17. The number of rotatable bonds is 3. The van der Waals surface area contributed by atoms with Crippen LogP contribution >= 0.6 is 27.5 Å². The number of fused-ring (bicyclic) bond motifs is 5. The lowest BCUT2D eigenvalue weighted by molar-refractivity contribution is 0.0371. The molecule has 5 rings (SSSR count). The minimum absolute atomic E-state index is 0.0425. The maximum atomic E-state index is 13.5. The van der Waals surface area contributed by atoms with E-state index < -0.39 is 0 Å². The van der Waals surface area contributed by atoms with E-state index in [4.69, 9.17) is 16.4 Å². The number of carbonyl (C=O) groups excluding carboxylic acids is 1. The van der Waals surface area contributed by atoms with Gasteiger partial charge in [-0.2, -0.15) is 0 Å². The highest BCUT2D eigenvalue weighted by atomic mass is 79.9.